The molecule has 0 spiro atoms. The molecule has 0 N–H and O–H groups in total. The molecule has 0 saturated carbocycles. The predicted molar refractivity (Wildman–Crippen MR) is 91.5 cm³/mol. The van der Waals surface area contributed by atoms with E-state index in [0.717, 1.165) is 6.42 Å². The third-order valence-corrected chi connectivity index (χ3v) is 3.88. The average molecular weight is 296 g/mol. The highest BCUT2D eigenvalue weighted by atomic mass is 16.5. The van der Waals surface area contributed by atoms with Crippen molar-refractivity contribution in [3.63, 3.8) is 0 Å². The highest BCUT2D eigenvalue weighted by Crippen LogP contribution is 2.12. The first-order chi connectivity index (χ1) is 10.3. The van der Waals surface area contributed by atoms with Gasteiger partial charge in [0.05, 0.1) is 7.11 Å². The van der Waals surface area contributed by atoms with Gasteiger partial charge in [0.25, 0.3) is 0 Å². The van der Waals surface area contributed by atoms with Crippen molar-refractivity contribution in [1.29, 1.82) is 0 Å². The van der Waals surface area contributed by atoms with E-state index in [2.05, 4.69) is 23.8 Å². The monoisotopic (exact) mass is 296 g/mol. The van der Waals surface area contributed by atoms with Crippen molar-refractivity contribution in [3.8, 4) is 0 Å². The molecule has 0 bridgehead atoms. The SMILES string of the molecule is CC/C=C/CCCCCCCCCCCCCC(=O)OC. The van der Waals surface area contributed by atoms with Crippen LogP contribution in [0.5, 0.6) is 0 Å². The second-order valence-corrected chi connectivity index (χ2v) is 5.88. The lowest BCUT2D eigenvalue weighted by Crippen LogP contribution is -1.99. The third kappa shape index (κ3) is 17.2. The van der Waals surface area contributed by atoms with Crippen molar-refractivity contribution >= 4 is 5.97 Å². The van der Waals surface area contributed by atoms with Gasteiger partial charge >= 0.3 is 5.97 Å². The molecule has 0 fully saturated rings. The zero-order valence-electron chi connectivity index (χ0n) is 14.4. The van der Waals surface area contributed by atoms with Crippen LogP contribution >= 0.6 is 0 Å². The predicted octanol–water partition coefficient (Wildman–Crippen LogP) is 6.20. The fourth-order valence-corrected chi connectivity index (χ4v) is 2.51. The lowest BCUT2D eigenvalue weighted by Gasteiger charge is -2.02. The van der Waals surface area contributed by atoms with Crippen LogP contribution in [-0.4, -0.2) is 13.1 Å². The minimum Gasteiger partial charge on any atom is -0.469 e. The number of hydrogen-bond acceptors (Lipinski definition) is 2. The summed E-state index contributed by atoms with van der Waals surface area (Å²) in [7, 11) is 1.46. The van der Waals surface area contributed by atoms with Gasteiger partial charge in [-0.15, -0.1) is 0 Å². The van der Waals surface area contributed by atoms with Crippen LogP contribution in [0, 0.1) is 0 Å². The molecule has 21 heavy (non-hydrogen) atoms. The summed E-state index contributed by atoms with van der Waals surface area (Å²) in [5, 5.41) is 0. The van der Waals surface area contributed by atoms with E-state index in [4.69, 9.17) is 0 Å². The summed E-state index contributed by atoms with van der Waals surface area (Å²) in [4.78, 5) is 10.9. The summed E-state index contributed by atoms with van der Waals surface area (Å²) in [5.41, 5.74) is 0. The van der Waals surface area contributed by atoms with Gasteiger partial charge in [0, 0.05) is 6.42 Å². The summed E-state index contributed by atoms with van der Waals surface area (Å²) in [6, 6.07) is 0. The summed E-state index contributed by atoms with van der Waals surface area (Å²) in [6.07, 6.45) is 22.0. The second kappa shape index (κ2) is 17.3. The number of carbonyl (C=O) groups is 1. The van der Waals surface area contributed by atoms with Gasteiger partial charge in [0.15, 0.2) is 0 Å². The number of hydrogen-bond donors (Lipinski definition) is 0. The van der Waals surface area contributed by atoms with Crippen molar-refractivity contribution in [2.75, 3.05) is 7.11 Å². The molecule has 0 atom stereocenters. The van der Waals surface area contributed by atoms with Gasteiger partial charge in [-0.1, -0.05) is 76.9 Å². The molecule has 2 nitrogen and oxygen atoms in total. The Hall–Kier alpha value is -0.790. The van der Waals surface area contributed by atoms with Crippen LogP contribution in [-0.2, 0) is 9.53 Å². The van der Waals surface area contributed by atoms with Gasteiger partial charge in [-0.25, -0.2) is 0 Å². The molecule has 0 amide bonds. The van der Waals surface area contributed by atoms with E-state index in [1.165, 1.54) is 84.2 Å². The minimum absolute atomic E-state index is 0.0693. The topological polar surface area (TPSA) is 26.3 Å². The Morgan fingerprint density at radius 1 is 0.762 bits per heavy atom. The summed E-state index contributed by atoms with van der Waals surface area (Å²) < 4.78 is 4.63. The van der Waals surface area contributed by atoms with Gasteiger partial charge in [-0.3, -0.25) is 4.79 Å². The van der Waals surface area contributed by atoms with Crippen LogP contribution in [0.3, 0.4) is 0 Å². The van der Waals surface area contributed by atoms with E-state index in [9.17, 15) is 4.79 Å². The average Bonchev–Trinajstić information content (AvgIpc) is 2.50. The van der Waals surface area contributed by atoms with Gasteiger partial charge < -0.3 is 4.74 Å². The number of ether oxygens (including phenoxy) is 1. The van der Waals surface area contributed by atoms with E-state index >= 15 is 0 Å². The molecule has 124 valence electrons. The molecule has 0 radical (unpaired) electrons. The molecule has 0 aliphatic carbocycles. The molecule has 0 saturated heterocycles. The summed E-state index contributed by atoms with van der Waals surface area (Å²) in [5.74, 6) is -0.0693. The lowest BCUT2D eigenvalue weighted by atomic mass is 10.0. The van der Waals surface area contributed by atoms with Gasteiger partial charge in [-0.2, -0.15) is 0 Å². The zero-order chi connectivity index (χ0) is 15.6. The second-order valence-electron chi connectivity index (χ2n) is 5.88. The molecule has 2 heteroatoms. The Morgan fingerprint density at radius 3 is 1.71 bits per heavy atom. The highest BCUT2D eigenvalue weighted by Gasteiger charge is 1.99. The largest absolute Gasteiger partial charge is 0.469 e. The van der Waals surface area contributed by atoms with Gasteiger partial charge in [0.1, 0.15) is 0 Å². The lowest BCUT2D eigenvalue weighted by molar-refractivity contribution is -0.140. The van der Waals surface area contributed by atoms with Gasteiger partial charge in [-0.05, 0) is 25.7 Å². The number of unbranched alkanes of at least 4 members (excludes halogenated alkanes) is 11. The van der Waals surface area contributed by atoms with Crippen LogP contribution in [0.25, 0.3) is 0 Å². The van der Waals surface area contributed by atoms with Crippen LogP contribution < -0.4 is 0 Å². The third-order valence-electron chi connectivity index (χ3n) is 3.88. The first kappa shape index (κ1) is 20.2. The Bertz CT molecular complexity index is 246. The van der Waals surface area contributed by atoms with Crippen LogP contribution in [0.2, 0.25) is 0 Å². The first-order valence-corrected chi connectivity index (χ1v) is 9.03. The number of carbonyl (C=O) groups excluding carboxylic acids is 1. The van der Waals surface area contributed by atoms with Gasteiger partial charge in [0.2, 0.25) is 0 Å². The Balaban J connectivity index is 3.02. The molecular formula is C19H36O2. The van der Waals surface area contributed by atoms with E-state index < -0.39 is 0 Å². The zero-order valence-corrected chi connectivity index (χ0v) is 14.4. The highest BCUT2D eigenvalue weighted by molar-refractivity contribution is 5.68. The number of allylic oxidation sites excluding steroid dienone is 2. The Labute approximate surface area is 132 Å². The normalized spacial score (nSPS) is 11.1. The van der Waals surface area contributed by atoms with E-state index in [-0.39, 0.29) is 5.97 Å². The van der Waals surface area contributed by atoms with Crippen molar-refractivity contribution < 1.29 is 9.53 Å². The van der Waals surface area contributed by atoms with Crippen molar-refractivity contribution in [3.05, 3.63) is 12.2 Å². The molecule has 0 aromatic rings. The van der Waals surface area contributed by atoms with Crippen LogP contribution in [0.15, 0.2) is 12.2 Å². The maximum absolute atomic E-state index is 10.9. The molecule has 0 heterocycles. The first-order valence-electron chi connectivity index (χ1n) is 9.03. The minimum atomic E-state index is -0.0693. The number of esters is 1. The summed E-state index contributed by atoms with van der Waals surface area (Å²) >= 11 is 0. The van der Waals surface area contributed by atoms with Crippen molar-refractivity contribution in [2.24, 2.45) is 0 Å². The smallest absolute Gasteiger partial charge is 0.305 e. The molecule has 0 aliphatic rings. The van der Waals surface area contributed by atoms with Crippen molar-refractivity contribution in [2.45, 2.75) is 96.8 Å². The number of rotatable bonds is 15. The maximum atomic E-state index is 10.9. The molecular weight excluding hydrogens is 260 g/mol. The van der Waals surface area contributed by atoms with Crippen LogP contribution in [0.4, 0.5) is 0 Å². The molecule has 0 aliphatic heterocycles. The Kier molecular flexibility index (Phi) is 16.6. The molecule has 0 rings (SSSR count). The fourth-order valence-electron chi connectivity index (χ4n) is 2.51. The molecule has 0 aromatic heterocycles. The summed E-state index contributed by atoms with van der Waals surface area (Å²) in [6.45, 7) is 2.19. The van der Waals surface area contributed by atoms with E-state index in [1.54, 1.807) is 0 Å². The molecule has 0 unspecified atom stereocenters. The molecule has 0 aromatic carbocycles. The number of methoxy groups -OCH3 is 1. The van der Waals surface area contributed by atoms with E-state index in [1.807, 2.05) is 0 Å². The maximum Gasteiger partial charge on any atom is 0.305 e. The van der Waals surface area contributed by atoms with Crippen molar-refractivity contribution in [1.82, 2.24) is 0 Å². The standard InChI is InChI=1S/C19H36O2/c1-3-4-5-6-7-8-9-10-11-12-13-14-15-16-17-18-19(20)21-2/h4-5H,3,6-18H2,1-2H3/b5-4+. The Morgan fingerprint density at radius 2 is 1.24 bits per heavy atom. The fraction of sp³-hybridized carbons (Fsp3) is 0.842. The van der Waals surface area contributed by atoms with Crippen LogP contribution in [0.1, 0.15) is 96.8 Å². The quantitative estimate of drug-likeness (QED) is 0.204. The van der Waals surface area contributed by atoms with E-state index in [0.29, 0.717) is 6.42 Å².